The van der Waals surface area contributed by atoms with Crippen LogP contribution in [0.5, 0.6) is 0 Å². The average Bonchev–Trinajstić information content (AvgIpc) is 2.97. The summed E-state index contributed by atoms with van der Waals surface area (Å²) in [5.41, 5.74) is 0.834. The van der Waals surface area contributed by atoms with Gasteiger partial charge in [-0.1, -0.05) is 44.2 Å². The van der Waals surface area contributed by atoms with E-state index < -0.39 is 5.60 Å². The third-order valence-electron chi connectivity index (χ3n) is 3.56. The maximum atomic E-state index is 12.2. The summed E-state index contributed by atoms with van der Waals surface area (Å²) in [6, 6.07) is 10.5. The van der Waals surface area contributed by atoms with E-state index >= 15 is 0 Å². The van der Waals surface area contributed by atoms with E-state index in [1.807, 2.05) is 57.7 Å². The predicted molar refractivity (Wildman–Crippen MR) is 95.5 cm³/mol. The Labute approximate surface area is 141 Å². The number of benzene rings is 1. The van der Waals surface area contributed by atoms with E-state index in [1.54, 1.807) is 0 Å². The monoisotopic (exact) mass is 320 g/mol. The van der Waals surface area contributed by atoms with E-state index in [0.717, 1.165) is 32.5 Å². The number of amides is 1. The highest BCUT2D eigenvalue weighted by atomic mass is 16.6. The number of hydrogen-bond donors (Lipinski definition) is 1. The Kier molecular flexibility index (Phi) is 8.10. The summed E-state index contributed by atoms with van der Waals surface area (Å²) < 4.78 is 5.48. The smallest absolute Gasteiger partial charge is 0.410 e. The van der Waals surface area contributed by atoms with Crippen LogP contribution in [0.1, 0.15) is 53.0 Å². The predicted octanol–water partition coefficient (Wildman–Crippen LogP) is 4.20. The Morgan fingerprint density at radius 1 is 1.26 bits per heavy atom. The second-order valence-corrected chi connectivity index (χ2v) is 6.59. The van der Waals surface area contributed by atoms with Crippen molar-refractivity contribution < 1.29 is 9.53 Å². The number of ether oxygens (including phenoxy) is 1. The minimum absolute atomic E-state index is 0.188. The normalized spacial score (nSPS) is 17.4. The molecule has 1 aliphatic rings. The van der Waals surface area contributed by atoms with E-state index in [0.29, 0.717) is 0 Å². The SMILES string of the molecule is CC.CC(C)(C)OC(=O)N1CCC[C@H]1CNCc1ccccc1. The zero-order valence-corrected chi connectivity index (χ0v) is 15.3. The summed E-state index contributed by atoms with van der Waals surface area (Å²) >= 11 is 0. The molecule has 130 valence electrons. The number of likely N-dealkylation sites (tertiary alicyclic amines) is 1. The van der Waals surface area contributed by atoms with Crippen LogP contribution in [0.2, 0.25) is 0 Å². The van der Waals surface area contributed by atoms with Crippen molar-refractivity contribution in [2.24, 2.45) is 0 Å². The molecule has 2 rings (SSSR count). The molecule has 1 atom stereocenters. The molecule has 0 saturated carbocycles. The van der Waals surface area contributed by atoms with Gasteiger partial charge in [0.25, 0.3) is 0 Å². The van der Waals surface area contributed by atoms with Crippen molar-refractivity contribution in [1.29, 1.82) is 0 Å². The summed E-state index contributed by atoms with van der Waals surface area (Å²) in [6.07, 6.45) is 1.91. The maximum Gasteiger partial charge on any atom is 0.410 e. The minimum Gasteiger partial charge on any atom is -0.444 e. The molecule has 4 nitrogen and oxygen atoms in total. The quantitative estimate of drug-likeness (QED) is 0.904. The Balaban J connectivity index is 0.00000127. The highest BCUT2D eigenvalue weighted by molar-refractivity contribution is 5.69. The van der Waals surface area contributed by atoms with Gasteiger partial charge in [-0.05, 0) is 39.2 Å². The van der Waals surface area contributed by atoms with E-state index in [1.165, 1.54) is 5.56 Å². The van der Waals surface area contributed by atoms with Crippen molar-refractivity contribution in [2.45, 2.75) is 65.6 Å². The molecular formula is C19H32N2O2. The number of nitrogens with one attached hydrogen (secondary N) is 1. The van der Waals surface area contributed by atoms with Gasteiger partial charge in [-0.15, -0.1) is 0 Å². The number of nitrogens with zero attached hydrogens (tertiary/aromatic N) is 1. The Morgan fingerprint density at radius 3 is 2.52 bits per heavy atom. The van der Waals surface area contributed by atoms with Gasteiger partial charge in [0.2, 0.25) is 0 Å². The number of carbonyl (C=O) groups is 1. The fourth-order valence-corrected chi connectivity index (χ4v) is 2.59. The number of hydrogen-bond acceptors (Lipinski definition) is 3. The standard InChI is InChI=1S/C17H26N2O2.C2H6/c1-17(2,3)21-16(20)19-11-7-10-15(19)13-18-12-14-8-5-4-6-9-14;1-2/h4-6,8-9,15,18H,7,10-13H2,1-3H3;1-2H3/t15-;/m0./s1. The molecule has 0 spiro atoms. The van der Waals surface area contributed by atoms with Crippen molar-refractivity contribution in [1.82, 2.24) is 10.2 Å². The molecule has 1 aliphatic heterocycles. The Hall–Kier alpha value is -1.55. The first-order valence-electron chi connectivity index (χ1n) is 8.70. The zero-order valence-electron chi connectivity index (χ0n) is 15.3. The zero-order chi connectivity index (χ0) is 17.3. The first-order valence-corrected chi connectivity index (χ1v) is 8.70. The van der Waals surface area contributed by atoms with Crippen LogP contribution >= 0.6 is 0 Å². The van der Waals surface area contributed by atoms with Crippen LogP contribution in [0.25, 0.3) is 0 Å². The van der Waals surface area contributed by atoms with Crippen LogP contribution in [0.3, 0.4) is 0 Å². The first kappa shape index (κ1) is 19.5. The van der Waals surface area contributed by atoms with Crippen LogP contribution in [0.15, 0.2) is 30.3 Å². The fraction of sp³-hybridized carbons (Fsp3) is 0.632. The molecule has 0 unspecified atom stereocenters. The van der Waals surface area contributed by atoms with Crippen molar-refractivity contribution in [3.05, 3.63) is 35.9 Å². The van der Waals surface area contributed by atoms with E-state index in [-0.39, 0.29) is 12.1 Å². The van der Waals surface area contributed by atoms with E-state index in [9.17, 15) is 4.79 Å². The van der Waals surface area contributed by atoms with Gasteiger partial charge in [-0.25, -0.2) is 4.79 Å². The molecule has 1 saturated heterocycles. The molecule has 0 bridgehead atoms. The van der Waals surface area contributed by atoms with Gasteiger partial charge in [0.15, 0.2) is 0 Å². The molecule has 1 fully saturated rings. The van der Waals surface area contributed by atoms with Gasteiger partial charge < -0.3 is 15.0 Å². The lowest BCUT2D eigenvalue weighted by Crippen LogP contribution is -2.44. The van der Waals surface area contributed by atoms with Crippen LogP contribution in [0.4, 0.5) is 4.79 Å². The molecule has 1 N–H and O–H groups in total. The second-order valence-electron chi connectivity index (χ2n) is 6.59. The third-order valence-corrected chi connectivity index (χ3v) is 3.56. The topological polar surface area (TPSA) is 41.6 Å². The van der Waals surface area contributed by atoms with Crippen molar-refractivity contribution in [3.63, 3.8) is 0 Å². The second kappa shape index (κ2) is 9.56. The molecule has 1 amide bonds. The molecule has 0 radical (unpaired) electrons. The molecule has 1 aromatic rings. The summed E-state index contributed by atoms with van der Waals surface area (Å²) in [5.74, 6) is 0. The molecule has 23 heavy (non-hydrogen) atoms. The maximum absolute atomic E-state index is 12.2. The molecule has 0 aliphatic carbocycles. The van der Waals surface area contributed by atoms with E-state index in [4.69, 9.17) is 4.74 Å². The van der Waals surface area contributed by atoms with Gasteiger partial charge in [0, 0.05) is 25.7 Å². The number of rotatable bonds is 4. The Morgan fingerprint density at radius 2 is 1.91 bits per heavy atom. The van der Waals surface area contributed by atoms with Crippen LogP contribution in [0, 0.1) is 0 Å². The van der Waals surface area contributed by atoms with Gasteiger partial charge in [0.05, 0.1) is 0 Å². The minimum atomic E-state index is -0.429. The summed E-state index contributed by atoms with van der Waals surface area (Å²) in [7, 11) is 0. The lowest BCUT2D eigenvalue weighted by molar-refractivity contribution is 0.0226. The molecule has 1 aromatic carbocycles. The largest absolute Gasteiger partial charge is 0.444 e. The molecule has 0 aromatic heterocycles. The summed E-state index contributed by atoms with van der Waals surface area (Å²) in [6.45, 7) is 12.2. The van der Waals surface area contributed by atoms with Crippen molar-refractivity contribution >= 4 is 6.09 Å². The number of carbonyl (C=O) groups excluding carboxylic acids is 1. The van der Waals surface area contributed by atoms with E-state index in [2.05, 4.69) is 17.4 Å². The summed E-state index contributed by atoms with van der Waals surface area (Å²) in [4.78, 5) is 14.0. The highest BCUT2D eigenvalue weighted by Crippen LogP contribution is 2.20. The van der Waals surface area contributed by atoms with Crippen LogP contribution in [-0.4, -0.2) is 35.7 Å². The molecular weight excluding hydrogens is 288 g/mol. The molecule has 4 heteroatoms. The summed E-state index contributed by atoms with van der Waals surface area (Å²) in [5, 5.41) is 3.44. The third kappa shape index (κ3) is 7.04. The Bertz CT molecular complexity index is 454. The van der Waals surface area contributed by atoms with Crippen LogP contribution in [-0.2, 0) is 11.3 Å². The van der Waals surface area contributed by atoms with Gasteiger partial charge >= 0.3 is 6.09 Å². The average molecular weight is 320 g/mol. The lowest BCUT2D eigenvalue weighted by Gasteiger charge is -2.28. The highest BCUT2D eigenvalue weighted by Gasteiger charge is 2.31. The molecule has 1 heterocycles. The van der Waals surface area contributed by atoms with Gasteiger partial charge in [0.1, 0.15) is 5.60 Å². The van der Waals surface area contributed by atoms with Crippen molar-refractivity contribution in [3.8, 4) is 0 Å². The fourth-order valence-electron chi connectivity index (χ4n) is 2.59. The van der Waals surface area contributed by atoms with Gasteiger partial charge in [-0.2, -0.15) is 0 Å². The lowest BCUT2D eigenvalue weighted by atomic mass is 10.2. The van der Waals surface area contributed by atoms with Crippen LogP contribution < -0.4 is 5.32 Å². The van der Waals surface area contributed by atoms with Gasteiger partial charge in [-0.3, -0.25) is 0 Å². The van der Waals surface area contributed by atoms with Crippen molar-refractivity contribution in [2.75, 3.05) is 13.1 Å². The first-order chi connectivity index (χ1) is 11.0.